The summed E-state index contributed by atoms with van der Waals surface area (Å²) in [5.74, 6) is 0.871. The van der Waals surface area contributed by atoms with Crippen LogP contribution in [-0.4, -0.2) is 41.1 Å². The summed E-state index contributed by atoms with van der Waals surface area (Å²) < 4.78 is 40.2. The van der Waals surface area contributed by atoms with Crippen LogP contribution >= 0.6 is 0 Å². The van der Waals surface area contributed by atoms with Gasteiger partial charge in [0.15, 0.2) is 6.61 Å². The number of hydrogen-bond acceptors (Lipinski definition) is 6. The van der Waals surface area contributed by atoms with E-state index in [1.54, 1.807) is 49.6 Å². The smallest absolute Gasteiger partial charge is 0.264 e. The predicted molar refractivity (Wildman–Crippen MR) is 137 cm³/mol. The first-order chi connectivity index (χ1) is 16.9. The first-order valence-corrected chi connectivity index (χ1v) is 12.9. The number of para-hydroxylation sites is 1. The van der Waals surface area contributed by atoms with E-state index in [9.17, 15) is 13.2 Å². The van der Waals surface area contributed by atoms with Gasteiger partial charge in [-0.05, 0) is 73.9 Å². The number of hydrogen-bond donors (Lipinski definition) is 2. The molecule has 1 aliphatic rings. The number of methoxy groups -OCH3 is 1. The van der Waals surface area contributed by atoms with E-state index < -0.39 is 10.0 Å². The summed E-state index contributed by atoms with van der Waals surface area (Å²) in [6.45, 7) is 3.27. The molecule has 9 heteroatoms. The van der Waals surface area contributed by atoms with Gasteiger partial charge in [0.2, 0.25) is 0 Å². The maximum absolute atomic E-state index is 13.4. The van der Waals surface area contributed by atoms with Crippen LogP contribution in [0.1, 0.15) is 18.4 Å². The van der Waals surface area contributed by atoms with Gasteiger partial charge in [0, 0.05) is 24.5 Å². The minimum Gasteiger partial charge on any atom is -0.497 e. The largest absolute Gasteiger partial charge is 0.497 e. The Kier molecular flexibility index (Phi) is 7.45. The van der Waals surface area contributed by atoms with Crippen LogP contribution in [-0.2, 0) is 14.8 Å². The quantitative estimate of drug-likeness (QED) is 0.456. The van der Waals surface area contributed by atoms with Gasteiger partial charge in [-0.25, -0.2) is 8.42 Å². The van der Waals surface area contributed by atoms with Gasteiger partial charge in [-0.2, -0.15) is 0 Å². The van der Waals surface area contributed by atoms with E-state index in [0.29, 0.717) is 28.6 Å². The molecule has 0 saturated carbocycles. The van der Waals surface area contributed by atoms with Crippen LogP contribution in [0.4, 0.5) is 17.1 Å². The standard InChI is InChI=1S/C26H29N3O5S/c1-19-7-3-4-8-24(19)34-18-26(30)27-21-11-14-23(29-15-5-6-16-29)25(17-21)35(31,32)28-20-9-12-22(33-2)13-10-20/h3-4,7-14,17,28H,5-6,15-16,18H2,1-2H3,(H,27,30). The first-order valence-electron chi connectivity index (χ1n) is 11.4. The van der Waals surface area contributed by atoms with Gasteiger partial charge < -0.3 is 19.7 Å². The molecule has 0 aliphatic carbocycles. The average Bonchev–Trinajstić information content (AvgIpc) is 3.39. The fraction of sp³-hybridized carbons (Fsp3) is 0.269. The number of carbonyl (C=O) groups excluding carboxylic acids is 1. The Balaban J connectivity index is 1.55. The minimum atomic E-state index is -3.94. The number of aryl methyl sites for hydroxylation is 1. The third kappa shape index (κ3) is 6.05. The third-order valence-electron chi connectivity index (χ3n) is 5.77. The van der Waals surface area contributed by atoms with Gasteiger partial charge in [-0.15, -0.1) is 0 Å². The number of benzene rings is 3. The van der Waals surface area contributed by atoms with Crippen LogP contribution in [0.3, 0.4) is 0 Å². The number of ether oxygens (including phenoxy) is 2. The van der Waals surface area contributed by atoms with Crippen molar-refractivity contribution in [2.45, 2.75) is 24.7 Å². The van der Waals surface area contributed by atoms with Crippen LogP contribution in [0.5, 0.6) is 11.5 Å². The van der Waals surface area contributed by atoms with Gasteiger partial charge in [0.05, 0.1) is 12.8 Å². The summed E-state index contributed by atoms with van der Waals surface area (Å²) in [6, 6.07) is 19.0. The van der Waals surface area contributed by atoms with Crippen molar-refractivity contribution in [2.75, 3.05) is 41.7 Å². The molecule has 35 heavy (non-hydrogen) atoms. The van der Waals surface area contributed by atoms with Crippen LogP contribution < -0.4 is 24.4 Å². The van der Waals surface area contributed by atoms with E-state index in [2.05, 4.69) is 14.9 Å². The maximum atomic E-state index is 13.4. The molecule has 1 saturated heterocycles. The SMILES string of the molecule is COc1ccc(NS(=O)(=O)c2cc(NC(=O)COc3ccccc3C)ccc2N2CCCC2)cc1. The van der Waals surface area contributed by atoms with E-state index in [1.165, 1.54) is 6.07 Å². The topological polar surface area (TPSA) is 97.0 Å². The molecule has 0 spiro atoms. The maximum Gasteiger partial charge on any atom is 0.264 e. The normalized spacial score (nSPS) is 13.4. The highest BCUT2D eigenvalue weighted by atomic mass is 32.2. The van der Waals surface area contributed by atoms with Crippen LogP contribution in [0, 0.1) is 6.92 Å². The molecule has 2 N–H and O–H groups in total. The van der Waals surface area contributed by atoms with Gasteiger partial charge in [-0.3, -0.25) is 9.52 Å². The van der Waals surface area contributed by atoms with E-state index in [0.717, 1.165) is 31.5 Å². The molecule has 3 aromatic carbocycles. The van der Waals surface area contributed by atoms with Crippen LogP contribution in [0.15, 0.2) is 71.6 Å². The van der Waals surface area contributed by atoms with E-state index in [4.69, 9.17) is 9.47 Å². The number of nitrogens with one attached hydrogen (secondary N) is 2. The van der Waals surface area contributed by atoms with Gasteiger partial charge >= 0.3 is 0 Å². The fourth-order valence-electron chi connectivity index (χ4n) is 3.95. The van der Waals surface area contributed by atoms with Crippen molar-refractivity contribution in [3.63, 3.8) is 0 Å². The summed E-state index contributed by atoms with van der Waals surface area (Å²) in [5.41, 5.74) is 2.33. The molecule has 1 heterocycles. The molecule has 8 nitrogen and oxygen atoms in total. The lowest BCUT2D eigenvalue weighted by Crippen LogP contribution is -2.24. The Hall–Kier alpha value is -3.72. The molecular formula is C26H29N3O5S. The molecule has 1 fully saturated rings. The molecule has 1 amide bonds. The van der Waals surface area contributed by atoms with Crippen molar-refractivity contribution in [3.05, 3.63) is 72.3 Å². The zero-order chi connectivity index (χ0) is 24.8. The molecule has 1 aliphatic heterocycles. The lowest BCUT2D eigenvalue weighted by Gasteiger charge is -2.22. The first kappa shape index (κ1) is 24.4. The summed E-state index contributed by atoms with van der Waals surface area (Å²) >= 11 is 0. The second-order valence-electron chi connectivity index (χ2n) is 8.31. The highest BCUT2D eigenvalue weighted by molar-refractivity contribution is 7.92. The summed E-state index contributed by atoms with van der Waals surface area (Å²) in [5, 5.41) is 2.75. The highest BCUT2D eigenvalue weighted by Gasteiger charge is 2.25. The molecule has 3 aromatic rings. The molecule has 0 bridgehead atoms. The zero-order valence-electron chi connectivity index (χ0n) is 19.8. The number of anilines is 3. The van der Waals surface area contributed by atoms with E-state index in [1.807, 2.05) is 25.1 Å². The number of carbonyl (C=O) groups is 1. The predicted octanol–water partition coefficient (Wildman–Crippen LogP) is 4.42. The number of sulfonamides is 1. The number of nitrogens with zero attached hydrogens (tertiary/aromatic N) is 1. The van der Waals surface area contributed by atoms with Crippen molar-refractivity contribution in [1.29, 1.82) is 0 Å². The van der Waals surface area contributed by atoms with Gasteiger partial charge in [0.1, 0.15) is 16.4 Å². The van der Waals surface area contributed by atoms with Crippen molar-refractivity contribution in [2.24, 2.45) is 0 Å². The number of rotatable bonds is 9. The van der Waals surface area contributed by atoms with Gasteiger partial charge in [-0.1, -0.05) is 18.2 Å². The van der Waals surface area contributed by atoms with E-state index in [-0.39, 0.29) is 17.4 Å². The third-order valence-corrected chi connectivity index (χ3v) is 7.18. The average molecular weight is 496 g/mol. The summed E-state index contributed by atoms with van der Waals surface area (Å²) in [7, 11) is -2.39. The molecule has 184 valence electrons. The van der Waals surface area contributed by atoms with Gasteiger partial charge in [0.25, 0.3) is 15.9 Å². The molecule has 0 radical (unpaired) electrons. The van der Waals surface area contributed by atoms with Crippen molar-refractivity contribution in [1.82, 2.24) is 0 Å². The van der Waals surface area contributed by atoms with E-state index >= 15 is 0 Å². The van der Waals surface area contributed by atoms with Crippen molar-refractivity contribution < 1.29 is 22.7 Å². The second-order valence-corrected chi connectivity index (χ2v) is 9.96. The van der Waals surface area contributed by atoms with Crippen molar-refractivity contribution >= 4 is 33.0 Å². The number of amides is 1. The molecule has 0 aromatic heterocycles. The van der Waals surface area contributed by atoms with Crippen LogP contribution in [0.2, 0.25) is 0 Å². The zero-order valence-corrected chi connectivity index (χ0v) is 20.6. The molecule has 0 atom stereocenters. The molecule has 0 unspecified atom stereocenters. The Morgan fingerprint density at radius 2 is 1.66 bits per heavy atom. The second kappa shape index (κ2) is 10.7. The van der Waals surface area contributed by atoms with Crippen molar-refractivity contribution in [3.8, 4) is 11.5 Å². The Labute approximate surface area is 205 Å². The van der Waals surface area contributed by atoms with Crippen LogP contribution in [0.25, 0.3) is 0 Å². The minimum absolute atomic E-state index is 0.104. The summed E-state index contributed by atoms with van der Waals surface area (Å²) in [6.07, 6.45) is 2.00. The molecule has 4 rings (SSSR count). The Morgan fingerprint density at radius 3 is 2.34 bits per heavy atom. The monoisotopic (exact) mass is 495 g/mol. The molecular weight excluding hydrogens is 466 g/mol. The lowest BCUT2D eigenvalue weighted by molar-refractivity contribution is -0.118. The highest BCUT2D eigenvalue weighted by Crippen LogP contribution is 2.32. The Morgan fingerprint density at radius 1 is 0.971 bits per heavy atom. The summed E-state index contributed by atoms with van der Waals surface area (Å²) in [4.78, 5) is 14.7. The fourth-order valence-corrected chi connectivity index (χ4v) is 5.27. The lowest BCUT2D eigenvalue weighted by atomic mass is 10.2. The Bertz CT molecular complexity index is 1290.